The third-order valence-corrected chi connectivity index (χ3v) is 16.9. The molecule has 0 saturated carbocycles. The molecule has 0 amide bonds. The van der Waals surface area contributed by atoms with Gasteiger partial charge in [-0.25, -0.2) is 4.98 Å². The van der Waals surface area contributed by atoms with Gasteiger partial charge in [-0.05, 0) is 128 Å². The molecule has 78 heavy (non-hydrogen) atoms. The predicted molar refractivity (Wildman–Crippen MR) is 324 cm³/mol. The summed E-state index contributed by atoms with van der Waals surface area (Å²) < 4.78 is 2.41. The van der Waals surface area contributed by atoms with Crippen molar-refractivity contribution in [1.29, 1.82) is 0 Å². The van der Waals surface area contributed by atoms with Crippen LogP contribution in [0, 0.1) is 0 Å². The van der Waals surface area contributed by atoms with E-state index in [4.69, 9.17) is 4.98 Å². The summed E-state index contributed by atoms with van der Waals surface area (Å²) in [7, 11) is 0. The lowest BCUT2D eigenvalue weighted by Gasteiger charge is -2.35. The minimum absolute atomic E-state index is 0.0975. The second-order valence-electron chi connectivity index (χ2n) is 20.9. The molecule has 0 bridgehead atoms. The van der Waals surface area contributed by atoms with Gasteiger partial charge in [0.2, 0.25) is 0 Å². The third kappa shape index (κ3) is 6.49. The quantitative estimate of drug-likeness (QED) is 0.141. The molecular weight excluding hydrogens is 943 g/mol. The molecule has 16 rings (SSSR count). The van der Waals surface area contributed by atoms with Crippen molar-refractivity contribution in [3.63, 3.8) is 0 Å². The molecule has 0 fully saturated rings. The van der Waals surface area contributed by atoms with Crippen LogP contribution in [0.1, 0.15) is 44.9 Å². The number of nitrogens with zero attached hydrogens (tertiary/aromatic N) is 3. The Morgan fingerprint density at radius 2 is 0.923 bits per heavy atom. The lowest BCUT2D eigenvalue weighted by atomic mass is 9.67. The van der Waals surface area contributed by atoms with Crippen molar-refractivity contribution in [1.82, 2.24) is 9.55 Å². The molecule has 3 nitrogen and oxygen atoms in total. The standard InChI is InChI=1S/C75H49N3/c1-5-21-49(22-6-1)71-61-31-14-13-29-57(61)58-43-41-55(47-65(58)71)77(56-42-44-60-59-30-15-18-34-66(59)75(67(60)48-56,51-23-7-2-8-24-51)52-25-9-3-10-26-52)54-39-37-50(38-40-54)74-64-45-46-70-73(72(64)62-32-16-19-35-68(62)76-74)63-33-17-20-36-69(63)78(70)53-27-11-4-12-28-53/h1-48,71H. The maximum absolute atomic E-state index is 5.52. The first-order chi connectivity index (χ1) is 38.7. The molecule has 2 aromatic heterocycles. The van der Waals surface area contributed by atoms with Crippen LogP contribution in [0.3, 0.4) is 0 Å². The number of fused-ring (bicyclic) bond motifs is 13. The van der Waals surface area contributed by atoms with Gasteiger partial charge >= 0.3 is 0 Å². The molecule has 2 heterocycles. The van der Waals surface area contributed by atoms with Crippen molar-refractivity contribution >= 4 is 60.5 Å². The first kappa shape index (κ1) is 44.2. The zero-order valence-electron chi connectivity index (χ0n) is 42.6. The predicted octanol–water partition coefficient (Wildman–Crippen LogP) is 19.1. The minimum Gasteiger partial charge on any atom is -0.310 e. The normalized spacial score (nSPS) is 13.9. The van der Waals surface area contributed by atoms with Crippen LogP contribution in [0.15, 0.2) is 291 Å². The highest BCUT2D eigenvalue weighted by atomic mass is 15.1. The van der Waals surface area contributed by atoms with E-state index in [9.17, 15) is 0 Å². The van der Waals surface area contributed by atoms with E-state index < -0.39 is 5.41 Å². The number of rotatable bonds is 8. The van der Waals surface area contributed by atoms with Gasteiger partial charge in [0.1, 0.15) is 0 Å². The summed E-state index contributed by atoms with van der Waals surface area (Å²) in [6, 6.07) is 108. The van der Waals surface area contributed by atoms with Crippen molar-refractivity contribution in [2.45, 2.75) is 11.3 Å². The van der Waals surface area contributed by atoms with E-state index >= 15 is 0 Å². The van der Waals surface area contributed by atoms with Gasteiger partial charge in [-0.3, -0.25) is 0 Å². The Morgan fingerprint density at radius 1 is 0.359 bits per heavy atom. The summed E-state index contributed by atoms with van der Waals surface area (Å²) in [5.41, 5.74) is 23.3. The molecule has 3 heteroatoms. The number of hydrogen-bond acceptors (Lipinski definition) is 2. The average molecular weight is 992 g/mol. The maximum atomic E-state index is 5.52. The maximum Gasteiger partial charge on any atom is 0.0788 e. The summed E-state index contributed by atoms with van der Waals surface area (Å²) >= 11 is 0. The smallest absolute Gasteiger partial charge is 0.0788 e. The average Bonchev–Trinajstić information content (AvgIpc) is 4.24. The molecular formula is C75H49N3. The summed E-state index contributed by atoms with van der Waals surface area (Å²) in [4.78, 5) is 8.00. The molecule has 2 aliphatic carbocycles. The van der Waals surface area contributed by atoms with Crippen LogP contribution in [0.4, 0.5) is 17.1 Å². The van der Waals surface area contributed by atoms with Gasteiger partial charge in [0.25, 0.3) is 0 Å². The number of aromatic nitrogens is 2. The van der Waals surface area contributed by atoms with Gasteiger partial charge in [-0.15, -0.1) is 0 Å². The molecule has 0 N–H and O–H groups in total. The number of pyridine rings is 1. The second-order valence-corrected chi connectivity index (χ2v) is 20.9. The molecule has 0 radical (unpaired) electrons. The highest BCUT2D eigenvalue weighted by Crippen LogP contribution is 2.58. The number of benzene rings is 12. The molecule has 1 atom stereocenters. The van der Waals surface area contributed by atoms with Crippen LogP contribution in [0.5, 0.6) is 0 Å². The lowest BCUT2D eigenvalue weighted by molar-refractivity contribution is 0.768. The van der Waals surface area contributed by atoms with E-state index in [1.165, 1.54) is 88.4 Å². The molecule has 12 aromatic carbocycles. The topological polar surface area (TPSA) is 21.1 Å². The van der Waals surface area contributed by atoms with E-state index in [1.807, 2.05) is 0 Å². The van der Waals surface area contributed by atoms with E-state index in [0.29, 0.717) is 0 Å². The number of hydrogen-bond donors (Lipinski definition) is 0. The summed E-state index contributed by atoms with van der Waals surface area (Å²) in [6.45, 7) is 0. The van der Waals surface area contributed by atoms with Gasteiger partial charge in [0.05, 0.1) is 27.7 Å². The molecule has 0 spiro atoms. The van der Waals surface area contributed by atoms with Crippen LogP contribution >= 0.6 is 0 Å². The molecule has 2 aliphatic rings. The largest absolute Gasteiger partial charge is 0.310 e. The van der Waals surface area contributed by atoms with Crippen LogP contribution in [-0.4, -0.2) is 9.55 Å². The van der Waals surface area contributed by atoms with Crippen LogP contribution < -0.4 is 4.90 Å². The number of anilines is 3. The van der Waals surface area contributed by atoms with E-state index in [-0.39, 0.29) is 5.92 Å². The highest BCUT2D eigenvalue weighted by molar-refractivity contribution is 6.29. The van der Waals surface area contributed by atoms with E-state index in [2.05, 4.69) is 301 Å². The number of para-hydroxylation sites is 3. The van der Waals surface area contributed by atoms with Crippen molar-refractivity contribution < 1.29 is 0 Å². The molecule has 1 unspecified atom stereocenters. The lowest BCUT2D eigenvalue weighted by Crippen LogP contribution is -2.28. The highest BCUT2D eigenvalue weighted by Gasteiger charge is 2.46. The Labute approximate surface area is 453 Å². The van der Waals surface area contributed by atoms with Crippen molar-refractivity contribution in [2.75, 3.05) is 4.90 Å². The Hall–Kier alpha value is -10.1. The molecule has 14 aromatic rings. The zero-order chi connectivity index (χ0) is 51.3. The minimum atomic E-state index is -0.556. The molecule has 0 saturated heterocycles. The SMILES string of the molecule is c1ccc(C2c3ccccc3-c3ccc(N(c4ccc(-c5nc6ccccc6c6c5ccc5c6c6ccccc6n5-c5ccccc5)cc4)c4ccc5c(c4)C(c4ccccc4)(c4ccccc4)c4ccccc4-5)cc32)cc1. The van der Waals surface area contributed by atoms with Crippen LogP contribution in [0.25, 0.3) is 82.7 Å². The fourth-order valence-electron chi connectivity index (χ4n) is 13.7. The molecule has 364 valence electrons. The summed E-state index contributed by atoms with van der Waals surface area (Å²) in [5, 5.41) is 5.96. The van der Waals surface area contributed by atoms with E-state index in [0.717, 1.165) is 50.3 Å². The van der Waals surface area contributed by atoms with Crippen LogP contribution in [0.2, 0.25) is 0 Å². The summed E-state index contributed by atoms with van der Waals surface area (Å²) in [6.07, 6.45) is 0. The van der Waals surface area contributed by atoms with E-state index in [1.54, 1.807) is 0 Å². The monoisotopic (exact) mass is 991 g/mol. The Kier molecular flexibility index (Phi) is 9.92. The fourth-order valence-corrected chi connectivity index (χ4v) is 13.7. The summed E-state index contributed by atoms with van der Waals surface area (Å²) in [5.74, 6) is 0.0975. The molecule has 0 aliphatic heterocycles. The van der Waals surface area contributed by atoms with Crippen LogP contribution in [-0.2, 0) is 5.41 Å². The zero-order valence-corrected chi connectivity index (χ0v) is 42.6. The van der Waals surface area contributed by atoms with Crippen molar-refractivity contribution in [3.8, 4) is 39.2 Å². The van der Waals surface area contributed by atoms with Gasteiger partial charge in [-0.2, -0.15) is 0 Å². The Morgan fingerprint density at radius 3 is 1.68 bits per heavy atom. The van der Waals surface area contributed by atoms with Gasteiger partial charge in [-0.1, -0.05) is 224 Å². The first-order valence-corrected chi connectivity index (χ1v) is 27.1. The Bertz CT molecular complexity index is 4620. The fraction of sp³-hybridized carbons (Fsp3) is 0.0267. The van der Waals surface area contributed by atoms with Gasteiger partial charge in [0.15, 0.2) is 0 Å². The van der Waals surface area contributed by atoms with Gasteiger partial charge < -0.3 is 9.47 Å². The third-order valence-electron chi connectivity index (χ3n) is 16.9. The first-order valence-electron chi connectivity index (χ1n) is 27.1. The van der Waals surface area contributed by atoms with Crippen molar-refractivity contribution in [3.05, 3.63) is 330 Å². The van der Waals surface area contributed by atoms with Gasteiger partial charge in [0, 0.05) is 61.2 Å². The Balaban J connectivity index is 0.917. The second kappa shape index (κ2) is 17.5. The van der Waals surface area contributed by atoms with Crippen molar-refractivity contribution in [2.24, 2.45) is 0 Å².